The molecule has 1 unspecified atom stereocenters. The van der Waals surface area contributed by atoms with E-state index in [2.05, 4.69) is 19.2 Å². The second kappa shape index (κ2) is 5.61. The van der Waals surface area contributed by atoms with Crippen LogP contribution in [0.1, 0.15) is 13.8 Å². The minimum atomic E-state index is -0.447. The van der Waals surface area contributed by atoms with E-state index >= 15 is 0 Å². The lowest BCUT2D eigenvalue weighted by molar-refractivity contribution is -0.127. The maximum Gasteiger partial charge on any atom is 0.239 e. The Kier molecular flexibility index (Phi) is 4.70. The van der Waals surface area contributed by atoms with Gasteiger partial charge in [0.1, 0.15) is 6.04 Å². The van der Waals surface area contributed by atoms with Gasteiger partial charge in [0, 0.05) is 26.7 Å². The fraction of sp³-hybridized carbons (Fsp3) is 0.909. The van der Waals surface area contributed by atoms with Crippen LogP contribution >= 0.6 is 0 Å². The number of ether oxygens (including phenoxy) is 1. The van der Waals surface area contributed by atoms with E-state index in [-0.39, 0.29) is 17.9 Å². The van der Waals surface area contributed by atoms with Gasteiger partial charge in [-0.3, -0.25) is 9.69 Å². The number of nitrogens with one attached hydrogen (secondary N) is 1. The van der Waals surface area contributed by atoms with Crippen LogP contribution < -0.4 is 5.32 Å². The second-order valence-corrected chi connectivity index (χ2v) is 5.04. The molecule has 1 rings (SSSR count). The third kappa shape index (κ3) is 3.43. The fourth-order valence-corrected chi connectivity index (χ4v) is 1.97. The molecule has 5 nitrogen and oxygen atoms in total. The highest BCUT2D eigenvalue weighted by molar-refractivity contribution is 5.82. The van der Waals surface area contributed by atoms with Gasteiger partial charge in [0.2, 0.25) is 5.91 Å². The number of rotatable bonds is 4. The van der Waals surface area contributed by atoms with Crippen molar-refractivity contribution in [1.29, 1.82) is 0 Å². The molecular formula is C11H22N2O3. The standard InChI is InChI=1S/C11H22N2O3/c1-11(2)7-12-10(15)9(6-14)13(8-11)4-5-16-3/h9,14H,4-8H2,1-3H3,(H,12,15). The average Bonchev–Trinajstić information content (AvgIpc) is 2.33. The molecule has 5 heteroatoms. The first-order valence-electron chi connectivity index (χ1n) is 5.62. The van der Waals surface area contributed by atoms with Crippen molar-refractivity contribution in [2.45, 2.75) is 19.9 Å². The Bertz CT molecular complexity index is 243. The van der Waals surface area contributed by atoms with Crippen LogP contribution in [0.2, 0.25) is 0 Å². The van der Waals surface area contributed by atoms with Gasteiger partial charge >= 0.3 is 0 Å². The number of methoxy groups -OCH3 is 1. The maximum absolute atomic E-state index is 11.8. The van der Waals surface area contributed by atoms with Crippen molar-refractivity contribution >= 4 is 5.91 Å². The summed E-state index contributed by atoms with van der Waals surface area (Å²) in [4.78, 5) is 13.7. The second-order valence-electron chi connectivity index (χ2n) is 5.04. The van der Waals surface area contributed by atoms with Crippen LogP contribution in [0.5, 0.6) is 0 Å². The molecule has 0 aromatic rings. The van der Waals surface area contributed by atoms with Crippen LogP contribution in [0, 0.1) is 5.41 Å². The van der Waals surface area contributed by atoms with Gasteiger partial charge in [0.25, 0.3) is 0 Å². The number of aliphatic hydroxyl groups excluding tert-OH is 1. The highest BCUT2D eigenvalue weighted by Gasteiger charge is 2.34. The van der Waals surface area contributed by atoms with Crippen molar-refractivity contribution in [3.05, 3.63) is 0 Å². The predicted octanol–water partition coefficient (Wildman–Crippen LogP) is -0.548. The summed E-state index contributed by atoms with van der Waals surface area (Å²) in [5.41, 5.74) is 0.0212. The monoisotopic (exact) mass is 230 g/mol. The van der Waals surface area contributed by atoms with E-state index in [9.17, 15) is 9.90 Å². The predicted molar refractivity (Wildman–Crippen MR) is 61.1 cm³/mol. The summed E-state index contributed by atoms with van der Waals surface area (Å²) >= 11 is 0. The number of carbonyl (C=O) groups is 1. The molecule has 0 bridgehead atoms. The zero-order chi connectivity index (χ0) is 12.2. The average molecular weight is 230 g/mol. The van der Waals surface area contributed by atoms with Crippen molar-refractivity contribution in [3.63, 3.8) is 0 Å². The summed E-state index contributed by atoms with van der Waals surface area (Å²) in [7, 11) is 1.64. The minimum Gasteiger partial charge on any atom is -0.394 e. The molecular weight excluding hydrogens is 208 g/mol. The fourth-order valence-electron chi connectivity index (χ4n) is 1.97. The summed E-state index contributed by atoms with van der Waals surface area (Å²) in [6.07, 6.45) is 0. The first-order chi connectivity index (χ1) is 7.50. The molecule has 0 spiro atoms. The molecule has 0 aromatic heterocycles. The molecule has 0 aliphatic carbocycles. The van der Waals surface area contributed by atoms with E-state index in [4.69, 9.17) is 4.74 Å². The van der Waals surface area contributed by atoms with Crippen molar-refractivity contribution in [2.24, 2.45) is 5.41 Å². The first kappa shape index (κ1) is 13.4. The third-order valence-electron chi connectivity index (χ3n) is 2.87. The molecule has 2 N–H and O–H groups in total. The number of carbonyl (C=O) groups excluding carboxylic acids is 1. The van der Waals surface area contributed by atoms with Crippen LogP contribution in [0.15, 0.2) is 0 Å². The first-order valence-corrected chi connectivity index (χ1v) is 5.62. The largest absolute Gasteiger partial charge is 0.394 e. The van der Waals surface area contributed by atoms with E-state index < -0.39 is 6.04 Å². The molecule has 1 saturated heterocycles. The summed E-state index contributed by atoms with van der Waals surface area (Å²) in [6, 6.07) is -0.447. The Morgan fingerprint density at radius 2 is 2.31 bits per heavy atom. The highest BCUT2D eigenvalue weighted by Crippen LogP contribution is 2.20. The van der Waals surface area contributed by atoms with Crippen LogP contribution in [0.4, 0.5) is 0 Å². The number of hydrogen-bond acceptors (Lipinski definition) is 4. The zero-order valence-electron chi connectivity index (χ0n) is 10.3. The Morgan fingerprint density at radius 1 is 1.62 bits per heavy atom. The topological polar surface area (TPSA) is 61.8 Å². The lowest BCUT2D eigenvalue weighted by atomic mass is 9.93. The third-order valence-corrected chi connectivity index (χ3v) is 2.87. The van der Waals surface area contributed by atoms with Crippen LogP contribution in [0.3, 0.4) is 0 Å². The summed E-state index contributed by atoms with van der Waals surface area (Å²) in [5.74, 6) is -0.0934. The molecule has 1 heterocycles. The van der Waals surface area contributed by atoms with Gasteiger partial charge in [-0.05, 0) is 5.41 Å². The van der Waals surface area contributed by atoms with Crippen molar-refractivity contribution in [3.8, 4) is 0 Å². The summed E-state index contributed by atoms with van der Waals surface area (Å²) < 4.78 is 5.03. The molecule has 1 aliphatic heterocycles. The van der Waals surface area contributed by atoms with E-state index in [1.807, 2.05) is 4.90 Å². The molecule has 1 fully saturated rings. The quantitative estimate of drug-likeness (QED) is 0.680. The van der Waals surface area contributed by atoms with Crippen molar-refractivity contribution < 1.29 is 14.6 Å². The maximum atomic E-state index is 11.8. The molecule has 0 aromatic carbocycles. The Hall–Kier alpha value is -0.650. The SMILES string of the molecule is COCCN1CC(C)(C)CNC(=O)C1CO. The van der Waals surface area contributed by atoms with E-state index in [0.717, 1.165) is 6.54 Å². The molecule has 0 radical (unpaired) electrons. The molecule has 1 atom stereocenters. The highest BCUT2D eigenvalue weighted by atomic mass is 16.5. The van der Waals surface area contributed by atoms with Gasteiger partial charge < -0.3 is 15.2 Å². The molecule has 0 saturated carbocycles. The number of aliphatic hydroxyl groups is 1. The number of amides is 1. The summed E-state index contributed by atoms with van der Waals surface area (Å²) in [6.45, 7) is 6.72. The molecule has 1 aliphatic rings. The van der Waals surface area contributed by atoms with Gasteiger partial charge in [-0.2, -0.15) is 0 Å². The number of hydrogen-bond donors (Lipinski definition) is 2. The van der Waals surface area contributed by atoms with Gasteiger partial charge in [0.15, 0.2) is 0 Å². The van der Waals surface area contributed by atoms with E-state index in [1.54, 1.807) is 7.11 Å². The Balaban J connectivity index is 2.74. The normalized spacial score (nSPS) is 26.2. The molecule has 16 heavy (non-hydrogen) atoms. The van der Waals surface area contributed by atoms with Gasteiger partial charge in [-0.1, -0.05) is 13.8 Å². The lowest BCUT2D eigenvalue weighted by Gasteiger charge is -2.31. The van der Waals surface area contributed by atoms with Gasteiger partial charge in [-0.15, -0.1) is 0 Å². The Morgan fingerprint density at radius 3 is 2.88 bits per heavy atom. The van der Waals surface area contributed by atoms with E-state index in [0.29, 0.717) is 19.7 Å². The number of nitrogens with zero attached hydrogens (tertiary/aromatic N) is 1. The zero-order valence-corrected chi connectivity index (χ0v) is 10.3. The van der Waals surface area contributed by atoms with Crippen LogP contribution in [0.25, 0.3) is 0 Å². The molecule has 94 valence electrons. The molecule has 1 amide bonds. The minimum absolute atomic E-state index is 0.0212. The van der Waals surface area contributed by atoms with Crippen LogP contribution in [-0.4, -0.2) is 61.9 Å². The lowest BCUT2D eigenvalue weighted by Crippen LogP contribution is -2.48. The smallest absolute Gasteiger partial charge is 0.239 e. The van der Waals surface area contributed by atoms with Crippen molar-refractivity contribution in [1.82, 2.24) is 10.2 Å². The van der Waals surface area contributed by atoms with Crippen molar-refractivity contribution in [2.75, 3.05) is 40.0 Å². The van der Waals surface area contributed by atoms with Crippen LogP contribution in [-0.2, 0) is 9.53 Å². The van der Waals surface area contributed by atoms with Gasteiger partial charge in [0.05, 0.1) is 13.2 Å². The Labute approximate surface area is 96.8 Å². The van der Waals surface area contributed by atoms with Gasteiger partial charge in [-0.25, -0.2) is 0 Å². The summed E-state index contributed by atoms with van der Waals surface area (Å²) in [5, 5.41) is 12.1. The van der Waals surface area contributed by atoms with E-state index in [1.165, 1.54) is 0 Å².